The highest BCUT2D eigenvalue weighted by Gasteiger charge is 2.31. The molecule has 0 saturated heterocycles. The number of nitrogens with one attached hydrogen (secondary N) is 2. The van der Waals surface area contributed by atoms with Gasteiger partial charge in [0.1, 0.15) is 0 Å². The van der Waals surface area contributed by atoms with E-state index >= 15 is 0 Å². The van der Waals surface area contributed by atoms with Crippen LogP contribution in [0.3, 0.4) is 0 Å². The van der Waals surface area contributed by atoms with Crippen LogP contribution in [-0.2, 0) is 16.6 Å². The number of hydrogen-bond acceptors (Lipinski definition) is 4. The monoisotopic (exact) mass is 302 g/mol. The zero-order valence-electron chi connectivity index (χ0n) is 11.7. The van der Waals surface area contributed by atoms with Crippen molar-refractivity contribution in [2.75, 3.05) is 6.54 Å². The van der Waals surface area contributed by atoms with Gasteiger partial charge in [-0.15, -0.1) is 11.3 Å². The Bertz CT molecular complexity index is 531. The van der Waals surface area contributed by atoms with Gasteiger partial charge >= 0.3 is 0 Å². The van der Waals surface area contributed by atoms with Crippen molar-refractivity contribution in [1.82, 2.24) is 10.0 Å². The molecule has 1 aromatic heterocycles. The minimum absolute atomic E-state index is 0.122. The molecule has 2 rings (SSSR count). The molecule has 0 aromatic carbocycles. The van der Waals surface area contributed by atoms with E-state index < -0.39 is 10.0 Å². The van der Waals surface area contributed by atoms with Crippen molar-refractivity contribution in [3.63, 3.8) is 0 Å². The van der Waals surface area contributed by atoms with E-state index in [1.165, 1.54) is 0 Å². The zero-order valence-corrected chi connectivity index (χ0v) is 13.3. The molecule has 0 unspecified atom stereocenters. The lowest BCUT2D eigenvalue weighted by Crippen LogP contribution is -2.43. The fourth-order valence-electron chi connectivity index (χ4n) is 2.41. The summed E-state index contributed by atoms with van der Waals surface area (Å²) >= 11 is 1.55. The van der Waals surface area contributed by atoms with Crippen LogP contribution in [0, 0.1) is 12.8 Å². The maximum Gasteiger partial charge on any atom is 0.241 e. The Hall–Kier alpha value is -0.430. The SMILES string of the molecule is CCNCc1cc(S(=O)(=O)NC2CC(C)C2)c(C)s1. The first-order valence-electron chi connectivity index (χ1n) is 6.74. The van der Waals surface area contributed by atoms with Gasteiger partial charge in [0.15, 0.2) is 0 Å². The Morgan fingerprint density at radius 1 is 1.42 bits per heavy atom. The molecule has 1 heterocycles. The van der Waals surface area contributed by atoms with Crippen molar-refractivity contribution in [1.29, 1.82) is 0 Å². The number of thiophene rings is 1. The molecular formula is C13H22N2O2S2. The van der Waals surface area contributed by atoms with E-state index in [1.807, 2.05) is 13.8 Å². The zero-order chi connectivity index (χ0) is 14.0. The lowest BCUT2D eigenvalue weighted by Gasteiger charge is -2.32. The molecule has 6 heteroatoms. The van der Waals surface area contributed by atoms with E-state index in [0.717, 1.165) is 35.7 Å². The van der Waals surface area contributed by atoms with Gasteiger partial charge < -0.3 is 5.32 Å². The number of sulfonamides is 1. The Labute approximate surface area is 119 Å². The van der Waals surface area contributed by atoms with Crippen LogP contribution in [0.1, 0.15) is 36.4 Å². The van der Waals surface area contributed by atoms with Crippen molar-refractivity contribution < 1.29 is 8.42 Å². The number of hydrogen-bond donors (Lipinski definition) is 2. The van der Waals surface area contributed by atoms with E-state index in [0.29, 0.717) is 10.8 Å². The molecule has 1 saturated carbocycles. The fourth-order valence-corrected chi connectivity index (χ4v) is 5.27. The highest BCUT2D eigenvalue weighted by Crippen LogP contribution is 2.30. The summed E-state index contributed by atoms with van der Waals surface area (Å²) in [6.45, 7) is 7.68. The van der Waals surface area contributed by atoms with Crippen LogP contribution in [0.2, 0.25) is 0 Å². The molecule has 0 aliphatic heterocycles. The Kier molecular flexibility index (Phi) is 4.66. The molecule has 2 N–H and O–H groups in total. The fraction of sp³-hybridized carbons (Fsp3) is 0.692. The average Bonchev–Trinajstić information content (AvgIpc) is 2.66. The van der Waals surface area contributed by atoms with Crippen LogP contribution in [0.25, 0.3) is 0 Å². The number of aryl methyl sites for hydroxylation is 1. The third-order valence-corrected chi connectivity index (χ3v) is 6.28. The molecule has 0 spiro atoms. The van der Waals surface area contributed by atoms with Gasteiger partial charge in [0.05, 0.1) is 4.90 Å². The molecule has 1 aliphatic rings. The maximum atomic E-state index is 12.3. The molecule has 0 amide bonds. The standard InChI is InChI=1S/C13H22N2O2S2/c1-4-14-8-12-7-13(10(3)18-12)19(16,17)15-11-5-9(2)6-11/h7,9,11,14-15H,4-6,8H2,1-3H3. The van der Waals surface area contributed by atoms with Crippen LogP contribution in [0.5, 0.6) is 0 Å². The Balaban J connectivity index is 2.09. The predicted octanol–water partition coefficient (Wildman–Crippen LogP) is 2.24. The van der Waals surface area contributed by atoms with Gasteiger partial charge in [0.2, 0.25) is 10.0 Å². The third-order valence-electron chi connectivity index (χ3n) is 3.46. The number of rotatable bonds is 6. The smallest absolute Gasteiger partial charge is 0.241 e. The van der Waals surface area contributed by atoms with Gasteiger partial charge in [-0.2, -0.15) is 0 Å². The van der Waals surface area contributed by atoms with Crippen LogP contribution >= 0.6 is 11.3 Å². The minimum Gasteiger partial charge on any atom is -0.312 e. The van der Waals surface area contributed by atoms with Crippen LogP contribution in [0.15, 0.2) is 11.0 Å². The molecule has 0 bridgehead atoms. The second kappa shape index (κ2) is 5.91. The molecule has 19 heavy (non-hydrogen) atoms. The van der Waals surface area contributed by atoms with E-state index in [9.17, 15) is 8.42 Å². The second-order valence-electron chi connectivity index (χ2n) is 5.31. The first-order valence-corrected chi connectivity index (χ1v) is 9.04. The molecule has 0 radical (unpaired) electrons. The molecule has 1 aliphatic carbocycles. The summed E-state index contributed by atoms with van der Waals surface area (Å²) in [5.41, 5.74) is 0. The van der Waals surface area contributed by atoms with Crippen LogP contribution in [0.4, 0.5) is 0 Å². The van der Waals surface area contributed by atoms with Gasteiger partial charge in [-0.05, 0) is 38.3 Å². The molecule has 1 aromatic rings. The van der Waals surface area contributed by atoms with Crippen LogP contribution < -0.4 is 10.0 Å². The maximum absolute atomic E-state index is 12.3. The molecule has 108 valence electrons. The lowest BCUT2D eigenvalue weighted by molar-refractivity contribution is 0.270. The molecule has 4 nitrogen and oxygen atoms in total. The molecular weight excluding hydrogens is 280 g/mol. The van der Waals surface area contributed by atoms with E-state index in [4.69, 9.17) is 0 Å². The summed E-state index contributed by atoms with van der Waals surface area (Å²) in [5, 5.41) is 3.22. The first kappa shape index (κ1) is 15.0. The first-order chi connectivity index (χ1) is 8.92. The largest absolute Gasteiger partial charge is 0.312 e. The van der Waals surface area contributed by atoms with Crippen LogP contribution in [-0.4, -0.2) is 21.0 Å². The summed E-state index contributed by atoms with van der Waals surface area (Å²) in [6, 6.07) is 1.92. The normalized spacial score (nSPS) is 23.3. The molecule has 1 fully saturated rings. The lowest BCUT2D eigenvalue weighted by atomic mass is 9.83. The Morgan fingerprint density at radius 2 is 2.11 bits per heavy atom. The van der Waals surface area contributed by atoms with Crippen molar-refractivity contribution in [2.45, 2.75) is 51.1 Å². The van der Waals surface area contributed by atoms with E-state index in [1.54, 1.807) is 17.4 Å². The quantitative estimate of drug-likeness (QED) is 0.847. The molecule has 0 atom stereocenters. The topological polar surface area (TPSA) is 58.2 Å². The van der Waals surface area contributed by atoms with Crippen molar-refractivity contribution in [3.05, 3.63) is 15.8 Å². The average molecular weight is 302 g/mol. The predicted molar refractivity (Wildman–Crippen MR) is 78.9 cm³/mol. The summed E-state index contributed by atoms with van der Waals surface area (Å²) in [4.78, 5) is 2.39. The summed E-state index contributed by atoms with van der Waals surface area (Å²) < 4.78 is 27.5. The van der Waals surface area contributed by atoms with Gasteiger partial charge in [-0.1, -0.05) is 13.8 Å². The Morgan fingerprint density at radius 3 is 2.68 bits per heavy atom. The van der Waals surface area contributed by atoms with Gasteiger partial charge in [-0.3, -0.25) is 0 Å². The summed E-state index contributed by atoms with van der Waals surface area (Å²) in [6.07, 6.45) is 1.90. The van der Waals surface area contributed by atoms with Crippen molar-refractivity contribution in [2.24, 2.45) is 5.92 Å². The van der Waals surface area contributed by atoms with Crippen molar-refractivity contribution in [3.8, 4) is 0 Å². The van der Waals surface area contributed by atoms with Gasteiger partial charge in [-0.25, -0.2) is 13.1 Å². The third kappa shape index (κ3) is 3.56. The van der Waals surface area contributed by atoms with E-state index in [2.05, 4.69) is 17.0 Å². The van der Waals surface area contributed by atoms with Gasteiger partial charge in [0.25, 0.3) is 0 Å². The van der Waals surface area contributed by atoms with Gasteiger partial charge in [0, 0.05) is 22.3 Å². The highest BCUT2D eigenvalue weighted by atomic mass is 32.2. The van der Waals surface area contributed by atoms with Crippen molar-refractivity contribution >= 4 is 21.4 Å². The summed E-state index contributed by atoms with van der Waals surface area (Å²) in [7, 11) is -3.35. The highest BCUT2D eigenvalue weighted by molar-refractivity contribution is 7.89. The summed E-state index contributed by atoms with van der Waals surface area (Å²) in [5.74, 6) is 0.639. The second-order valence-corrected chi connectivity index (χ2v) is 8.33. The van der Waals surface area contributed by atoms with E-state index in [-0.39, 0.29) is 6.04 Å². The minimum atomic E-state index is -3.35.